The van der Waals surface area contributed by atoms with Gasteiger partial charge in [-0.25, -0.2) is 9.48 Å². The maximum atomic E-state index is 12.2. The summed E-state index contributed by atoms with van der Waals surface area (Å²) in [4.78, 5) is 24.1. The maximum Gasteiger partial charge on any atom is 0.336 e. The van der Waals surface area contributed by atoms with Crippen LogP contribution in [0.5, 0.6) is 0 Å². The van der Waals surface area contributed by atoms with Gasteiger partial charge in [0.15, 0.2) is 0 Å². The molecule has 2 aromatic carbocycles. The number of esters is 1. The van der Waals surface area contributed by atoms with Crippen LogP contribution in [0.4, 0.5) is 0 Å². The van der Waals surface area contributed by atoms with E-state index >= 15 is 0 Å². The zero-order chi connectivity index (χ0) is 19.7. The summed E-state index contributed by atoms with van der Waals surface area (Å²) in [7, 11) is 0. The number of hydrogen-bond donors (Lipinski definition) is 1. The molecule has 142 valence electrons. The van der Waals surface area contributed by atoms with Gasteiger partial charge in [0, 0.05) is 17.0 Å². The third-order valence-electron chi connectivity index (χ3n) is 4.38. The Balaban J connectivity index is 1.59. The van der Waals surface area contributed by atoms with Gasteiger partial charge in [-0.05, 0) is 23.8 Å². The van der Waals surface area contributed by atoms with Crippen molar-refractivity contribution in [3.8, 4) is 0 Å². The Morgan fingerprint density at radius 2 is 2.11 bits per heavy atom. The second kappa shape index (κ2) is 7.24. The van der Waals surface area contributed by atoms with Gasteiger partial charge >= 0.3 is 11.6 Å². The van der Waals surface area contributed by atoms with Crippen LogP contribution in [0, 0.1) is 0 Å². The van der Waals surface area contributed by atoms with E-state index in [-0.39, 0.29) is 13.2 Å². The van der Waals surface area contributed by atoms with Crippen LogP contribution < -0.4 is 5.63 Å². The molecule has 4 aromatic rings. The van der Waals surface area contributed by atoms with E-state index in [4.69, 9.17) is 9.15 Å². The molecule has 1 N–H and O–H groups in total. The van der Waals surface area contributed by atoms with Crippen molar-refractivity contribution in [1.29, 1.82) is 0 Å². The minimum Gasteiger partial charge on any atom is -0.459 e. The SMILES string of the molecule is C[C@H](O)c1cn(CC(=O)OCc2cc(=O)oc3ccc4ccccc4c23)nn1. The van der Waals surface area contributed by atoms with Gasteiger partial charge in [0.2, 0.25) is 0 Å². The van der Waals surface area contributed by atoms with Gasteiger partial charge in [0.05, 0.1) is 12.3 Å². The number of aliphatic hydroxyl groups excluding tert-OH is 1. The summed E-state index contributed by atoms with van der Waals surface area (Å²) < 4.78 is 11.9. The smallest absolute Gasteiger partial charge is 0.336 e. The Labute approximate surface area is 159 Å². The summed E-state index contributed by atoms with van der Waals surface area (Å²) in [5.41, 5.74) is 0.868. The number of fused-ring (bicyclic) bond motifs is 3. The van der Waals surface area contributed by atoms with Crippen molar-refractivity contribution >= 4 is 27.7 Å². The number of nitrogens with zero attached hydrogens (tertiary/aromatic N) is 3. The van der Waals surface area contributed by atoms with Crippen molar-refractivity contribution in [2.75, 3.05) is 0 Å². The molecule has 0 bridgehead atoms. The highest BCUT2D eigenvalue weighted by Gasteiger charge is 2.13. The summed E-state index contributed by atoms with van der Waals surface area (Å²) >= 11 is 0. The van der Waals surface area contributed by atoms with Gasteiger partial charge in [-0.1, -0.05) is 35.5 Å². The molecule has 0 radical (unpaired) electrons. The predicted molar refractivity (Wildman–Crippen MR) is 100 cm³/mol. The molecular formula is C20H17N3O5. The van der Waals surface area contributed by atoms with Crippen LogP contribution in [0.3, 0.4) is 0 Å². The second-order valence-corrected chi connectivity index (χ2v) is 6.43. The van der Waals surface area contributed by atoms with Crippen LogP contribution in [0.25, 0.3) is 21.7 Å². The zero-order valence-electron chi connectivity index (χ0n) is 15.0. The van der Waals surface area contributed by atoms with E-state index in [1.54, 1.807) is 13.0 Å². The molecule has 28 heavy (non-hydrogen) atoms. The number of carbonyl (C=O) groups is 1. The van der Waals surface area contributed by atoms with Crippen LogP contribution in [0.1, 0.15) is 24.3 Å². The van der Waals surface area contributed by atoms with Gasteiger partial charge in [-0.3, -0.25) is 4.79 Å². The van der Waals surface area contributed by atoms with Crippen LogP contribution in [-0.4, -0.2) is 26.1 Å². The third kappa shape index (κ3) is 3.49. The summed E-state index contributed by atoms with van der Waals surface area (Å²) in [6.07, 6.45) is 0.708. The highest BCUT2D eigenvalue weighted by atomic mass is 16.5. The minimum absolute atomic E-state index is 0.0765. The Morgan fingerprint density at radius 3 is 2.89 bits per heavy atom. The first-order valence-corrected chi connectivity index (χ1v) is 8.69. The Hall–Kier alpha value is -3.52. The molecule has 0 aliphatic heterocycles. The number of hydrogen-bond acceptors (Lipinski definition) is 7. The lowest BCUT2D eigenvalue weighted by Crippen LogP contribution is -2.14. The number of benzene rings is 2. The van der Waals surface area contributed by atoms with Gasteiger partial charge in [-0.2, -0.15) is 0 Å². The third-order valence-corrected chi connectivity index (χ3v) is 4.38. The molecule has 0 aliphatic rings. The van der Waals surface area contributed by atoms with E-state index in [1.165, 1.54) is 16.9 Å². The summed E-state index contributed by atoms with van der Waals surface area (Å²) in [5, 5.41) is 19.7. The topological polar surface area (TPSA) is 107 Å². The number of carbonyl (C=O) groups excluding carboxylic acids is 1. The monoisotopic (exact) mass is 379 g/mol. The summed E-state index contributed by atoms with van der Waals surface area (Å²) in [6, 6.07) is 12.6. The molecule has 4 rings (SSSR count). The standard InChI is InChI=1S/C20H17N3O5/c1-12(24)16-9-23(22-21-16)10-19(26)27-11-14-8-18(25)28-17-7-6-13-4-2-3-5-15(13)20(14)17/h2-9,12,24H,10-11H2,1H3/t12-/m0/s1. The normalized spacial score (nSPS) is 12.4. The average Bonchev–Trinajstić information content (AvgIpc) is 3.14. The zero-order valence-corrected chi connectivity index (χ0v) is 15.0. The van der Waals surface area contributed by atoms with Crippen molar-refractivity contribution in [3.63, 3.8) is 0 Å². The summed E-state index contributed by atoms with van der Waals surface area (Å²) in [6.45, 7) is 1.33. The fourth-order valence-electron chi connectivity index (χ4n) is 3.05. The van der Waals surface area contributed by atoms with Gasteiger partial charge < -0.3 is 14.3 Å². The van der Waals surface area contributed by atoms with Gasteiger partial charge in [-0.15, -0.1) is 5.10 Å². The lowest BCUT2D eigenvalue weighted by Gasteiger charge is -2.09. The fraction of sp³-hybridized carbons (Fsp3) is 0.200. The molecule has 0 spiro atoms. The van der Waals surface area contributed by atoms with Crippen molar-refractivity contribution in [1.82, 2.24) is 15.0 Å². The van der Waals surface area contributed by atoms with E-state index < -0.39 is 17.7 Å². The first-order valence-electron chi connectivity index (χ1n) is 8.69. The van der Waals surface area contributed by atoms with Crippen LogP contribution >= 0.6 is 0 Å². The highest BCUT2D eigenvalue weighted by Crippen LogP contribution is 2.27. The maximum absolute atomic E-state index is 12.2. The molecule has 2 heterocycles. The van der Waals surface area contributed by atoms with E-state index in [9.17, 15) is 14.7 Å². The van der Waals surface area contributed by atoms with Crippen LogP contribution in [0.15, 0.2) is 57.9 Å². The molecule has 8 nitrogen and oxygen atoms in total. The first kappa shape index (κ1) is 17.9. The average molecular weight is 379 g/mol. The molecule has 0 amide bonds. The fourth-order valence-corrected chi connectivity index (χ4v) is 3.05. The van der Waals surface area contributed by atoms with Crippen LogP contribution in [-0.2, 0) is 22.7 Å². The molecule has 1 atom stereocenters. The molecular weight excluding hydrogens is 362 g/mol. The Kier molecular flexibility index (Phi) is 4.62. The number of aliphatic hydroxyl groups is 1. The van der Waals surface area contributed by atoms with E-state index in [2.05, 4.69) is 10.3 Å². The molecule has 0 saturated carbocycles. The van der Waals surface area contributed by atoms with E-state index in [0.717, 1.165) is 16.2 Å². The number of ether oxygens (including phenoxy) is 1. The van der Waals surface area contributed by atoms with E-state index in [0.29, 0.717) is 16.8 Å². The lowest BCUT2D eigenvalue weighted by molar-refractivity contribution is -0.145. The first-order chi connectivity index (χ1) is 13.5. The predicted octanol–water partition coefficient (Wildman–Crippen LogP) is 2.33. The van der Waals surface area contributed by atoms with Crippen molar-refractivity contribution < 1.29 is 19.1 Å². The van der Waals surface area contributed by atoms with E-state index in [1.807, 2.05) is 30.3 Å². The quantitative estimate of drug-likeness (QED) is 0.322. The molecule has 0 saturated heterocycles. The van der Waals surface area contributed by atoms with Crippen molar-refractivity contribution in [3.05, 3.63) is 70.3 Å². The van der Waals surface area contributed by atoms with Crippen molar-refractivity contribution in [2.24, 2.45) is 0 Å². The van der Waals surface area contributed by atoms with Crippen molar-refractivity contribution in [2.45, 2.75) is 26.2 Å². The minimum atomic E-state index is -0.770. The van der Waals surface area contributed by atoms with Gasteiger partial charge in [0.1, 0.15) is 24.4 Å². The Bertz CT molecular complexity index is 1230. The van der Waals surface area contributed by atoms with Crippen LogP contribution in [0.2, 0.25) is 0 Å². The Morgan fingerprint density at radius 1 is 1.29 bits per heavy atom. The number of aromatic nitrogens is 3. The molecule has 2 aromatic heterocycles. The largest absolute Gasteiger partial charge is 0.459 e. The molecule has 0 unspecified atom stereocenters. The highest BCUT2D eigenvalue weighted by molar-refractivity contribution is 6.07. The molecule has 0 fully saturated rings. The summed E-state index contributed by atoms with van der Waals surface area (Å²) in [5.74, 6) is -0.538. The molecule has 8 heteroatoms. The molecule has 0 aliphatic carbocycles. The second-order valence-electron chi connectivity index (χ2n) is 6.43. The number of rotatable bonds is 5. The lowest BCUT2D eigenvalue weighted by atomic mass is 10.0. The van der Waals surface area contributed by atoms with Gasteiger partial charge in [0.25, 0.3) is 0 Å².